The molecule has 2 aromatic carbocycles. The van der Waals surface area contributed by atoms with E-state index in [1.807, 2.05) is 18.2 Å². The van der Waals surface area contributed by atoms with E-state index in [2.05, 4.69) is 20.3 Å². The number of hydrogen-bond acceptors (Lipinski definition) is 7. The molecule has 1 N–H and O–H groups in total. The molecule has 0 radical (unpaired) electrons. The van der Waals surface area contributed by atoms with E-state index in [0.717, 1.165) is 79.3 Å². The second kappa shape index (κ2) is 11.6. The lowest BCUT2D eigenvalue weighted by Crippen LogP contribution is -2.55. The minimum Gasteiger partial charge on any atom is -0.497 e. The molecule has 258 valence electrons. The zero-order chi connectivity index (χ0) is 33.6. The molecule has 3 aliphatic heterocycles. The normalized spacial score (nSPS) is 26.4. The number of sulfonamides is 2. The number of ether oxygens (including phenoxy) is 1. The minimum absolute atomic E-state index is 0.189. The van der Waals surface area contributed by atoms with E-state index in [1.165, 1.54) is 25.8 Å². The maximum Gasteiger partial charge on any atom is 0.264 e. The van der Waals surface area contributed by atoms with Crippen molar-refractivity contribution in [2.75, 3.05) is 33.3 Å². The van der Waals surface area contributed by atoms with Gasteiger partial charge in [0.05, 0.1) is 18.1 Å². The van der Waals surface area contributed by atoms with E-state index in [-0.39, 0.29) is 24.1 Å². The van der Waals surface area contributed by atoms with Crippen LogP contribution in [0.15, 0.2) is 36.4 Å². The van der Waals surface area contributed by atoms with Crippen LogP contribution in [0.5, 0.6) is 5.75 Å². The Bertz CT molecular complexity index is 2020. The number of carbonyl (C=O) groups is 1. The van der Waals surface area contributed by atoms with Crippen LogP contribution >= 0.6 is 0 Å². The van der Waals surface area contributed by atoms with Gasteiger partial charge in [0, 0.05) is 60.2 Å². The number of aromatic nitrogens is 1. The van der Waals surface area contributed by atoms with Gasteiger partial charge in [0.25, 0.3) is 5.91 Å². The predicted molar refractivity (Wildman–Crippen MR) is 186 cm³/mol. The number of nitrogens with zero attached hydrogens (tertiary/aromatic N) is 3. The van der Waals surface area contributed by atoms with Crippen LogP contribution in [0.25, 0.3) is 22.2 Å². The molecule has 3 aromatic rings. The average molecular weight is 695 g/mol. The molecule has 8 rings (SSSR count). The van der Waals surface area contributed by atoms with Crippen molar-refractivity contribution in [3.8, 4) is 17.0 Å². The van der Waals surface area contributed by atoms with Gasteiger partial charge in [-0.3, -0.25) is 9.69 Å². The third-order valence-corrected chi connectivity index (χ3v) is 16.3. The monoisotopic (exact) mass is 694 g/mol. The van der Waals surface area contributed by atoms with Crippen LogP contribution in [-0.2, 0) is 26.6 Å². The summed E-state index contributed by atoms with van der Waals surface area (Å²) in [5.41, 5.74) is 5.31. The fourth-order valence-corrected chi connectivity index (χ4v) is 12.2. The molecule has 1 amide bonds. The Hall–Kier alpha value is -2.93. The lowest BCUT2D eigenvalue weighted by atomic mass is 9.81. The van der Waals surface area contributed by atoms with Crippen LogP contribution in [0.1, 0.15) is 98.5 Å². The average Bonchev–Trinajstić information content (AvgIpc) is 3.52. The second-order valence-electron chi connectivity index (χ2n) is 14.9. The molecule has 2 saturated carbocycles. The first-order valence-electron chi connectivity index (χ1n) is 17.6. The Kier molecular flexibility index (Phi) is 7.78. The second-order valence-corrected chi connectivity index (χ2v) is 19.4. The van der Waals surface area contributed by atoms with E-state index < -0.39 is 36.0 Å². The number of fused-ring (bicyclic) bond motifs is 8. The fraction of sp³-hybridized carbons (Fsp3) is 0.583. The van der Waals surface area contributed by atoms with E-state index in [0.29, 0.717) is 31.2 Å². The van der Waals surface area contributed by atoms with Gasteiger partial charge < -0.3 is 9.30 Å². The predicted octanol–water partition coefficient (Wildman–Crippen LogP) is 5.18. The summed E-state index contributed by atoms with van der Waals surface area (Å²) in [6.45, 7) is 6.17. The molecule has 12 heteroatoms. The number of methoxy groups -OCH3 is 1. The van der Waals surface area contributed by atoms with Crippen molar-refractivity contribution in [3.05, 3.63) is 53.1 Å². The first-order chi connectivity index (χ1) is 22.9. The number of nitrogens with one attached hydrogen (secondary N) is 1. The lowest BCUT2D eigenvalue weighted by Gasteiger charge is -2.38. The number of benzene rings is 2. The Morgan fingerprint density at radius 3 is 2.50 bits per heavy atom. The number of carbonyl (C=O) groups excluding carboxylic acids is 1. The van der Waals surface area contributed by atoms with Gasteiger partial charge in [-0.25, -0.2) is 21.6 Å². The Morgan fingerprint density at radius 1 is 0.958 bits per heavy atom. The quantitative estimate of drug-likeness (QED) is 0.362. The highest BCUT2D eigenvalue weighted by molar-refractivity contribution is 7.91. The van der Waals surface area contributed by atoms with E-state index in [1.54, 1.807) is 23.5 Å². The first-order valence-corrected chi connectivity index (χ1v) is 20.6. The standard InChI is InChI=1S/C36H46N4O6S2/c1-23(2)47(42,43)37-35(41)25-11-13-29-32(18-25)40-22-36(48(44,45)39-17-16-38-15-7-10-26(38)21-39)20-31(36)30-19-27(46-3)12-14-28(30)34(40)33(29)24-8-5-4-6-9-24/h11-14,18-19,23-24,26,31H,4-10,15-17,20-22H2,1-3H3,(H,37,41). The molecule has 0 bridgehead atoms. The van der Waals surface area contributed by atoms with Gasteiger partial charge in [-0.05, 0) is 99.9 Å². The fourth-order valence-electron chi connectivity index (χ4n) is 9.18. The maximum absolute atomic E-state index is 15.0. The van der Waals surface area contributed by atoms with Gasteiger partial charge in [-0.2, -0.15) is 4.31 Å². The molecule has 4 heterocycles. The third-order valence-electron chi connectivity index (χ3n) is 12.0. The molecular formula is C36H46N4O6S2. The zero-order valence-corrected chi connectivity index (χ0v) is 29.7. The molecule has 4 fully saturated rings. The van der Waals surface area contributed by atoms with E-state index in [9.17, 15) is 21.6 Å². The molecule has 10 nitrogen and oxygen atoms in total. The van der Waals surface area contributed by atoms with Gasteiger partial charge >= 0.3 is 0 Å². The lowest BCUT2D eigenvalue weighted by molar-refractivity contribution is 0.0981. The molecular weight excluding hydrogens is 649 g/mol. The molecule has 2 saturated heterocycles. The topological polar surface area (TPSA) is 118 Å². The molecule has 3 atom stereocenters. The number of rotatable bonds is 7. The highest BCUT2D eigenvalue weighted by Gasteiger charge is 2.68. The summed E-state index contributed by atoms with van der Waals surface area (Å²) in [6, 6.07) is 11.8. The molecule has 48 heavy (non-hydrogen) atoms. The van der Waals surface area contributed by atoms with Gasteiger partial charge in [-0.15, -0.1) is 0 Å². The van der Waals surface area contributed by atoms with Crippen LogP contribution in [0.3, 0.4) is 0 Å². The third kappa shape index (κ3) is 4.95. The number of hydrogen-bond donors (Lipinski definition) is 1. The summed E-state index contributed by atoms with van der Waals surface area (Å²) < 4.78 is 66.1. The smallest absolute Gasteiger partial charge is 0.264 e. The van der Waals surface area contributed by atoms with Gasteiger partial charge in [0.2, 0.25) is 20.0 Å². The Morgan fingerprint density at radius 2 is 1.75 bits per heavy atom. The van der Waals surface area contributed by atoms with Crippen molar-refractivity contribution in [2.24, 2.45) is 0 Å². The van der Waals surface area contributed by atoms with E-state index >= 15 is 0 Å². The van der Waals surface area contributed by atoms with Crippen molar-refractivity contribution in [1.82, 2.24) is 18.5 Å². The van der Waals surface area contributed by atoms with E-state index in [4.69, 9.17) is 4.74 Å². The van der Waals surface area contributed by atoms with Gasteiger partial charge in [0.1, 0.15) is 10.5 Å². The SMILES string of the molecule is COc1ccc2c(c1)C1CC1(S(=O)(=O)N1CCN3CCCC3C1)Cn1c-2c(C2CCCCC2)c2ccc(C(=O)NS(=O)(=O)C(C)C)cc21. The Labute approximate surface area is 283 Å². The van der Waals surface area contributed by atoms with Crippen molar-refractivity contribution in [1.29, 1.82) is 0 Å². The van der Waals surface area contributed by atoms with Crippen molar-refractivity contribution in [3.63, 3.8) is 0 Å². The first kappa shape index (κ1) is 32.3. The van der Waals surface area contributed by atoms with Gasteiger partial charge in [0.15, 0.2) is 0 Å². The summed E-state index contributed by atoms with van der Waals surface area (Å²) in [7, 11) is -5.93. The van der Waals surface area contributed by atoms with Crippen LogP contribution < -0.4 is 9.46 Å². The van der Waals surface area contributed by atoms with Crippen LogP contribution in [-0.4, -0.2) is 85.8 Å². The molecule has 2 aliphatic carbocycles. The molecule has 1 aromatic heterocycles. The highest BCUT2D eigenvalue weighted by atomic mass is 32.2. The van der Waals surface area contributed by atoms with Crippen LogP contribution in [0.2, 0.25) is 0 Å². The summed E-state index contributed by atoms with van der Waals surface area (Å²) in [5, 5.41) is 0.247. The van der Waals surface area contributed by atoms with Gasteiger partial charge in [-0.1, -0.05) is 25.3 Å². The maximum atomic E-state index is 15.0. The molecule has 3 unspecified atom stereocenters. The largest absolute Gasteiger partial charge is 0.497 e. The summed E-state index contributed by atoms with van der Waals surface area (Å²) in [6.07, 6.45) is 8.21. The molecule has 5 aliphatic rings. The van der Waals surface area contributed by atoms with Crippen molar-refractivity contribution in [2.45, 2.75) is 99.6 Å². The minimum atomic E-state index is -3.84. The zero-order valence-electron chi connectivity index (χ0n) is 28.1. The number of piperazine rings is 1. The Balaban J connectivity index is 1.32. The van der Waals surface area contributed by atoms with Crippen molar-refractivity contribution >= 4 is 36.9 Å². The summed E-state index contributed by atoms with van der Waals surface area (Å²) >= 11 is 0. The summed E-state index contributed by atoms with van der Waals surface area (Å²) in [4.78, 5) is 15.8. The number of amides is 1. The van der Waals surface area contributed by atoms with Crippen LogP contribution in [0.4, 0.5) is 0 Å². The van der Waals surface area contributed by atoms with Crippen LogP contribution in [0, 0.1) is 0 Å². The summed E-state index contributed by atoms with van der Waals surface area (Å²) in [5.74, 6) is 0.137. The molecule has 0 spiro atoms. The highest BCUT2D eigenvalue weighted by Crippen LogP contribution is 2.64. The van der Waals surface area contributed by atoms with Crippen molar-refractivity contribution < 1.29 is 26.4 Å².